The van der Waals surface area contributed by atoms with Crippen LogP contribution >= 0.6 is 0 Å². The smallest absolute Gasteiger partial charge is 0.265 e. The summed E-state index contributed by atoms with van der Waals surface area (Å²) in [5.41, 5.74) is 2.96. The van der Waals surface area contributed by atoms with Crippen LogP contribution in [0.25, 0.3) is 0 Å². The molecule has 0 heterocycles. The first-order chi connectivity index (χ1) is 11.4. The SMILES string of the molecule is CCC(Oc1ccc(F)cc1)C(=O)Nc1c(C)cccc1C(C)C. The Morgan fingerprint density at radius 2 is 1.83 bits per heavy atom. The predicted molar refractivity (Wildman–Crippen MR) is 95.0 cm³/mol. The van der Waals surface area contributed by atoms with Crippen LogP contribution in [0.1, 0.15) is 44.2 Å². The van der Waals surface area contributed by atoms with E-state index in [0.29, 0.717) is 18.1 Å². The van der Waals surface area contributed by atoms with Gasteiger partial charge in [0.2, 0.25) is 0 Å². The molecule has 128 valence electrons. The molecule has 0 radical (unpaired) electrons. The van der Waals surface area contributed by atoms with Crippen LogP contribution in [0.15, 0.2) is 42.5 Å². The second-order valence-electron chi connectivity index (χ2n) is 6.15. The van der Waals surface area contributed by atoms with Gasteiger partial charge in [0.25, 0.3) is 5.91 Å². The van der Waals surface area contributed by atoms with Gasteiger partial charge in [0, 0.05) is 5.69 Å². The summed E-state index contributed by atoms with van der Waals surface area (Å²) in [6.45, 7) is 8.05. The molecule has 0 spiro atoms. The average Bonchev–Trinajstić information content (AvgIpc) is 2.55. The quantitative estimate of drug-likeness (QED) is 0.805. The number of hydrogen-bond acceptors (Lipinski definition) is 2. The topological polar surface area (TPSA) is 38.3 Å². The van der Waals surface area contributed by atoms with Crippen molar-refractivity contribution in [1.29, 1.82) is 0 Å². The van der Waals surface area contributed by atoms with Gasteiger partial charge in [-0.2, -0.15) is 0 Å². The van der Waals surface area contributed by atoms with E-state index < -0.39 is 6.10 Å². The molecule has 0 aliphatic heterocycles. The number of hydrogen-bond donors (Lipinski definition) is 1. The third kappa shape index (κ3) is 4.34. The molecule has 2 aromatic rings. The fraction of sp³-hybridized carbons (Fsp3) is 0.350. The molecule has 2 aromatic carbocycles. The number of rotatable bonds is 6. The zero-order chi connectivity index (χ0) is 17.7. The third-order valence-corrected chi connectivity index (χ3v) is 3.93. The number of para-hydroxylation sites is 1. The molecule has 1 N–H and O–H groups in total. The van der Waals surface area contributed by atoms with Crippen molar-refractivity contribution < 1.29 is 13.9 Å². The van der Waals surface area contributed by atoms with Crippen LogP contribution in [0, 0.1) is 12.7 Å². The molecule has 24 heavy (non-hydrogen) atoms. The molecule has 2 rings (SSSR count). The Kier molecular flexibility index (Phi) is 5.96. The monoisotopic (exact) mass is 329 g/mol. The van der Waals surface area contributed by atoms with Crippen LogP contribution < -0.4 is 10.1 Å². The number of anilines is 1. The van der Waals surface area contributed by atoms with Crippen molar-refractivity contribution in [2.24, 2.45) is 0 Å². The van der Waals surface area contributed by atoms with E-state index in [2.05, 4.69) is 19.2 Å². The molecule has 0 aromatic heterocycles. The van der Waals surface area contributed by atoms with Gasteiger partial charge in [-0.1, -0.05) is 39.0 Å². The van der Waals surface area contributed by atoms with Gasteiger partial charge in [-0.15, -0.1) is 0 Å². The summed E-state index contributed by atoms with van der Waals surface area (Å²) in [7, 11) is 0. The van der Waals surface area contributed by atoms with E-state index in [4.69, 9.17) is 4.74 Å². The van der Waals surface area contributed by atoms with Gasteiger partial charge in [-0.05, 0) is 54.7 Å². The Morgan fingerprint density at radius 1 is 1.17 bits per heavy atom. The van der Waals surface area contributed by atoms with Crippen LogP contribution in [-0.4, -0.2) is 12.0 Å². The molecule has 1 atom stereocenters. The second-order valence-corrected chi connectivity index (χ2v) is 6.15. The number of ether oxygens (including phenoxy) is 1. The third-order valence-electron chi connectivity index (χ3n) is 3.93. The lowest BCUT2D eigenvalue weighted by Crippen LogP contribution is -2.33. The van der Waals surface area contributed by atoms with E-state index in [1.54, 1.807) is 0 Å². The summed E-state index contributed by atoms with van der Waals surface area (Å²) in [6.07, 6.45) is -0.110. The maximum absolute atomic E-state index is 13.0. The summed E-state index contributed by atoms with van der Waals surface area (Å²) in [5.74, 6) is 0.255. The average molecular weight is 329 g/mol. The van der Waals surface area contributed by atoms with Crippen LogP contribution in [0.2, 0.25) is 0 Å². The summed E-state index contributed by atoms with van der Waals surface area (Å²) in [5, 5.41) is 3.00. The summed E-state index contributed by atoms with van der Waals surface area (Å²) in [4.78, 5) is 12.6. The first kappa shape index (κ1) is 18.0. The molecule has 0 saturated carbocycles. The Morgan fingerprint density at radius 3 is 2.42 bits per heavy atom. The van der Waals surface area contributed by atoms with Gasteiger partial charge < -0.3 is 10.1 Å². The predicted octanol–water partition coefficient (Wildman–Crippen LogP) is 5.05. The van der Waals surface area contributed by atoms with Gasteiger partial charge in [0.05, 0.1) is 0 Å². The summed E-state index contributed by atoms with van der Waals surface area (Å²) >= 11 is 0. The number of nitrogens with one attached hydrogen (secondary N) is 1. The fourth-order valence-electron chi connectivity index (χ4n) is 2.55. The van der Waals surface area contributed by atoms with Crippen LogP contribution in [0.4, 0.5) is 10.1 Å². The number of carbonyl (C=O) groups excluding carboxylic acids is 1. The van der Waals surface area contributed by atoms with Crippen molar-refractivity contribution in [2.75, 3.05) is 5.32 Å². The lowest BCUT2D eigenvalue weighted by molar-refractivity contribution is -0.122. The second kappa shape index (κ2) is 7.95. The minimum Gasteiger partial charge on any atom is -0.481 e. The van der Waals surface area contributed by atoms with E-state index >= 15 is 0 Å². The molecule has 1 amide bonds. The fourth-order valence-corrected chi connectivity index (χ4v) is 2.55. The molecule has 1 unspecified atom stereocenters. The van der Waals surface area contributed by atoms with E-state index in [0.717, 1.165) is 16.8 Å². The molecule has 0 aliphatic carbocycles. The highest BCUT2D eigenvalue weighted by molar-refractivity contribution is 5.95. The van der Waals surface area contributed by atoms with Crippen molar-refractivity contribution >= 4 is 11.6 Å². The zero-order valence-corrected chi connectivity index (χ0v) is 14.6. The number of benzene rings is 2. The van der Waals surface area contributed by atoms with Crippen LogP contribution in [-0.2, 0) is 4.79 Å². The normalized spacial score (nSPS) is 12.1. The lowest BCUT2D eigenvalue weighted by atomic mass is 9.98. The number of halogens is 1. The minimum absolute atomic E-state index is 0.196. The highest BCUT2D eigenvalue weighted by Crippen LogP contribution is 2.28. The van der Waals surface area contributed by atoms with E-state index in [9.17, 15) is 9.18 Å². The Hall–Kier alpha value is -2.36. The van der Waals surface area contributed by atoms with Crippen molar-refractivity contribution in [3.63, 3.8) is 0 Å². The van der Waals surface area contributed by atoms with Gasteiger partial charge in [-0.25, -0.2) is 4.39 Å². The van der Waals surface area contributed by atoms with Gasteiger partial charge in [0.1, 0.15) is 11.6 Å². The number of carbonyl (C=O) groups is 1. The maximum Gasteiger partial charge on any atom is 0.265 e. The molecule has 3 nitrogen and oxygen atoms in total. The number of amides is 1. The van der Waals surface area contributed by atoms with Gasteiger partial charge in [0.15, 0.2) is 6.10 Å². The molecule has 0 aliphatic rings. The van der Waals surface area contributed by atoms with Crippen molar-refractivity contribution in [3.8, 4) is 5.75 Å². The highest BCUT2D eigenvalue weighted by Gasteiger charge is 2.21. The molecule has 0 saturated heterocycles. The zero-order valence-electron chi connectivity index (χ0n) is 14.6. The van der Waals surface area contributed by atoms with Gasteiger partial charge >= 0.3 is 0 Å². The standard InChI is InChI=1S/C20H24FNO2/c1-5-18(24-16-11-9-15(21)10-12-16)20(23)22-19-14(4)7-6-8-17(19)13(2)3/h6-13,18H,5H2,1-4H3,(H,22,23). The van der Waals surface area contributed by atoms with E-state index in [1.165, 1.54) is 24.3 Å². The Labute approximate surface area is 142 Å². The minimum atomic E-state index is -0.630. The van der Waals surface area contributed by atoms with Crippen molar-refractivity contribution in [2.45, 2.75) is 46.1 Å². The largest absolute Gasteiger partial charge is 0.481 e. The Balaban J connectivity index is 2.16. The summed E-state index contributed by atoms with van der Waals surface area (Å²) < 4.78 is 18.7. The Bertz CT molecular complexity index is 695. The van der Waals surface area contributed by atoms with Crippen LogP contribution in [0.3, 0.4) is 0 Å². The molecular formula is C20H24FNO2. The first-order valence-electron chi connectivity index (χ1n) is 8.25. The lowest BCUT2D eigenvalue weighted by Gasteiger charge is -2.21. The van der Waals surface area contributed by atoms with Crippen molar-refractivity contribution in [3.05, 3.63) is 59.4 Å². The van der Waals surface area contributed by atoms with Crippen LogP contribution in [0.5, 0.6) is 5.75 Å². The van der Waals surface area contributed by atoms with Gasteiger partial charge in [-0.3, -0.25) is 4.79 Å². The first-order valence-corrected chi connectivity index (χ1v) is 8.25. The molecule has 0 bridgehead atoms. The summed E-state index contributed by atoms with van der Waals surface area (Å²) in [6, 6.07) is 11.7. The van der Waals surface area contributed by atoms with Crippen molar-refractivity contribution in [1.82, 2.24) is 0 Å². The molecular weight excluding hydrogens is 305 g/mol. The highest BCUT2D eigenvalue weighted by atomic mass is 19.1. The maximum atomic E-state index is 13.0. The van der Waals surface area contributed by atoms with E-state index in [1.807, 2.05) is 32.0 Å². The molecule has 4 heteroatoms. The number of aryl methyl sites for hydroxylation is 1. The van der Waals surface area contributed by atoms with E-state index in [-0.39, 0.29) is 11.7 Å². The molecule has 0 fully saturated rings.